The number of halogens is 2. The van der Waals surface area contributed by atoms with E-state index in [9.17, 15) is 9.18 Å². The van der Waals surface area contributed by atoms with E-state index in [4.69, 9.17) is 5.11 Å². The number of nitrogens with zero attached hydrogens (tertiary/aromatic N) is 1. The zero-order chi connectivity index (χ0) is 11.6. The maximum atomic E-state index is 12.8. The van der Waals surface area contributed by atoms with Crippen LogP contribution in [0.3, 0.4) is 0 Å². The van der Waals surface area contributed by atoms with Gasteiger partial charge < -0.3 is 10.0 Å². The molecule has 0 fully saturated rings. The molecule has 1 unspecified atom stereocenters. The van der Waals surface area contributed by atoms with Crippen LogP contribution in [0, 0.1) is 5.82 Å². The van der Waals surface area contributed by atoms with Crippen LogP contribution in [0.4, 0.5) is 9.18 Å². The quantitative estimate of drug-likeness (QED) is 0.900. The first-order chi connectivity index (χ1) is 6.93. The maximum Gasteiger partial charge on any atom is 0.407 e. The molecule has 1 atom stereocenters. The maximum absolute atomic E-state index is 12.8. The molecular weight excluding hydrogens is 265 g/mol. The van der Waals surface area contributed by atoms with Crippen LogP contribution in [0.1, 0.15) is 18.5 Å². The molecule has 5 heteroatoms. The summed E-state index contributed by atoms with van der Waals surface area (Å²) in [4.78, 5) is 11.9. The monoisotopic (exact) mass is 275 g/mol. The molecule has 1 amide bonds. The minimum Gasteiger partial charge on any atom is -0.465 e. The molecule has 1 N–H and O–H groups in total. The van der Waals surface area contributed by atoms with E-state index in [0.29, 0.717) is 4.47 Å². The van der Waals surface area contributed by atoms with Gasteiger partial charge in [-0.15, -0.1) is 0 Å². The average Bonchev–Trinajstić information content (AvgIpc) is 2.15. The van der Waals surface area contributed by atoms with Crippen molar-refractivity contribution in [3.63, 3.8) is 0 Å². The van der Waals surface area contributed by atoms with E-state index in [0.717, 1.165) is 10.5 Å². The van der Waals surface area contributed by atoms with Gasteiger partial charge in [-0.2, -0.15) is 0 Å². The molecule has 1 aromatic rings. The predicted octanol–water partition coefficient (Wildman–Crippen LogP) is 3.26. The Morgan fingerprint density at radius 1 is 1.60 bits per heavy atom. The van der Waals surface area contributed by atoms with E-state index in [1.54, 1.807) is 13.0 Å². The Hall–Kier alpha value is -1.10. The van der Waals surface area contributed by atoms with E-state index >= 15 is 0 Å². The second-order valence-corrected chi connectivity index (χ2v) is 4.09. The number of hydrogen-bond acceptors (Lipinski definition) is 1. The molecular formula is C10H11BrFNO2. The lowest BCUT2D eigenvalue weighted by Gasteiger charge is -2.23. The molecule has 0 spiro atoms. The first-order valence-electron chi connectivity index (χ1n) is 4.34. The highest BCUT2D eigenvalue weighted by atomic mass is 79.9. The largest absolute Gasteiger partial charge is 0.465 e. The van der Waals surface area contributed by atoms with Gasteiger partial charge in [0.1, 0.15) is 5.82 Å². The van der Waals surface area contributed by atoms with Crippen molar-refractivity contribution >= 4 is 22.0 Å². The summed E-state index contributed by atoms with van der Waals surface area (Å²) < 4.78 is 13.4. The molecule has 0 aliphatic carbocycles. The van der Waals surface area contributed by atoms with Gasteiger partial charge in [0.15, 0.2) is 0 Å². The summed E-state index contributed by atoms with van der Waals surface area (Å²) in [5.74, 6) is -0.351. The highest BCUT2D eigenvalue weighted by Crippen LogP contribution is 2.27. The first-order valence-corrected chi connectivity index (χ1v) is 5.13. The van der Waals surface area contributed by atoms with Crippen molar-refractivity contribution in [3.05, 3.63) is 34.1 Å². The van der Waals surface area contributed by atoms with E-state index in [2.05, 4.69) is 15.9 Å². The zero-order valence-electron chi connectivity index (χ0n) is 8.37. The minimum atomic E-state index is -1.02. The van der Waals surface area contributed by atoms with Crippen molar-refractivity contribution in [2.75, 3.05) is 7.05 Å². The number of rotatable bonds is 2. The van der Waals surface area contributed by atoms with Crippen molar-refractivity contribution in [1.29, 1.82) is 0 Å². The normalized spacial score (nSPS) is 12.3. The van der Waals surface area contributed by atoms with Crippen molar-refractivity contribution < 1.29 is 14.3 Å². The Morgan fingerprint density at radius 3 is 2.67 bits per heavy atom. The molecule has 15 heavy (non-hydrogen) atoms. The number of amides is 1. The summed E-state index contributed by atoms with van der Waals surface area (Å²) in [6.45, 7) is 1.74. The highest BCUT2D eigenvalue weighted by Gasteiger charge is 2.18. The summed E-state index contributed by atoms with van der Waals surface area (Å²) in [6, 6.07) is 3.88. The fraction of sp³-hybridized carbons (Fsp3) is 0.300. The summed E-state index contributed by atoms with van der Waals surface area (Å²) in [5.41, 5.74) is 0.737. The molecule has 1 rings (SSSR count). The van der Waals surface area contributed by atoms with Crippen LogP contribution in [-0.4, -0.2) is 23.1 Å². The van der Waals surface area contributed by atoms with Gasteiger partial charge in [-0.1, -0.05) is 22.0 Å². The minimum absolute atomic E-state index is 0.322. The van der Waals surface area contributed by atoms with Gasteiger partial charge >= 0.3 is 6.09 Å². The number of carboxylic acid groups (broad SMARTS) is 1. The molecule has 0 aliphatic heterocycles. The van der Waals surface area contributed by atoms with Crippen molar-refractivity contribution in [3.8, 4) is 0 Å². The van der Waals surface area contributed by atoms with Crippen molar-refractivity contribution in [2.24, 2.45) is 0 Å². The lowest BCUT2D eigenvalue weighted by Crippen LogP contribution is -2.28. The van der Waals surface area contributed by atoms with Gasteiger partial charge in [-0.25, -0.2) is 9.18 Å². The molecule has 0 aliphatic rings. The number of carbonyl (C=O) groups is 1. The Kier molecular flexibility index (Phi) is 3.68. The molecule has 1 aromatic carbocycles. The SMILES string of the molecule is CC(c1ccc(F)cc1Br)N(C)C(=O)O. The molecule has 0 bridgehead atoms. The van der Waals surface area contributed by atoms with Crippen LogP contribution in [-0.2, 0) is 0 Å². The topological polar surface area (TPSA) is 40.5 Å². The fourth-order valence-corrected chi connectivity index (χ4v) is 1.90. The van der Waals surface area contributed by atoms with Crippen LogP contribution in [0.25, 0.3) is 0 Å². The molecule has 0 radical (unpaired) electrons. The van der Waals surface area contributed by atoms with Gasteiger partial charge in [0.2, 0.25) is 0 Å². The highest BCUT2D eigenvalue weighted by molar-refractivity contribution is 9.10. The molecule has 3 nitrogen and oxygen atoms in total. The zero-order valence-corrected chi connectivity index (χ0v) is 9.95. The standard InChI is InChI=1S/C10H11BrFNO2/c1-6(13(2)10(14)15)8-4-3-7(12)5-9(8)11/h3-6H,1-2H3,(H,14,15). The second kappa shape index (κ2) is 4.61. The Labute approximate surface area is 95.6 Å². The molecule has 82 valence electrons. The Balaban J connectivity index is 3.01. The van der Waals surface area contributed by atoms with Crippen molar-refractivity contribution in [2.45, 2.75) is 13.0 Å². The van der Waals surface area contributed by atoms with Crippen LogP contribution >= 0.6 is 15.9 Å². The van der Waals surface area contributed by atoms with Gasteiger partial charge in [-0.3, -0.25) is 0 Å². The van der Waals surface area contributed by atoms with Crippen LogP contribution in [0.2, 0.25) is 0 Å². The Bertz CT molecular complexity index is 384. The Morgan fingerprint density at radius 2 is 2.20 bits per heavy atom. The van der Waals surface area contributed by atoms with Gasteiger partial charge in [0, 0.05) is 11.5 Å². The van der Waals surface area contributed by atoms with E-state index in [1.807, 2.05) is 0 Å². The summed E-state index contributed by atoms with van der Waals surface area (Å²) >= 11 is 3.21. The smallest absolute Gasteiger partial charge is 0.407 e. The number of benzene rings is 1. The van der Waals surface area contributed by atoms with Gasteiger partial charge in [0.25, 0.3) is 0 Å². The lowest BCUT2D eigenvalue weighted by molar-refractivity contribution is 0.142. The van der Waals surface area contributed by atoms with E-state index < -0.39 is 6.09 Å². The summed E-state index contributed by atoms with van der Waals surface area (Å²) in [5, 5.41) is 8.80. The van der Waals surface area contributed by atoms with E-state index in [-0.39, 0.29) is 11.9 Å². The predicted molar refractivity (Wildman–Crippen MR) is 58.3 cm³/mol. The summed E-state index contributed by atoms with van der Waals surface area (Å²) in [7, 11) is 1.47. The van der Waals surface area contributed by atoms with Crippen LogP contribution in [0.15, 0.2) is 22.7 Å². The third-order valence-corrected chi connectivity index (χ3v) is 2.98. The van der Waals surface area contributed by atoms with Crippen LogP contribution in [0.5, 0.6) is 0 Å². The molecule has 0 heterocycles. The first kappa shape index (κ1) is 12.0. The number of hydrogen-bond donors (Lipinski definition) is 1. The third-order valence-electron chi connectivity index (χ3n) is 2.30. The van der Waals surface area contributed by atoms with Gasteiger partial charge in [0.05, 0.1) is 6.04 Å². The third kappa shape index (κ3) is 2.68. The summed E-state index contributed by atoms with van der Waals surface area (Å²) in [6.07, 6.45) is -1.02. The fourth-order valence-electron chi connectivity index (χ4n) is 1.21. The average molecular weight is 276 g/mol. The molecule has 0 saturated carbocycles. The molecule has 0 saturated heterocycles. The molecule has 0 aromatic heterocycles. The van der Waals surface area contributed by atoms with E-state index in [1.165, 1.54) is 19.2 Å². The second-order valence-electron chi connectivity index (χ2n) is 3.24. The van der Waals surface area contributed by atoms with Crippen LogP contribution < -0.4 is 0 Å². The van der Waals surface area contributed by atoms with Gasteiger partial charge in [-0.05, 0) is 24.6 Å². The van der Waals surface area contributed by atoms with Crippen molar-refractivity contribution in [1.82, 2.24) is 4.90 Å². The lowest BCUT2D eigenvalue weighted by atomic mass is 10.1.